The van der Waals surface area contributed by atoms with Crippen molar-refractivity contribution in [1.82, 2.24) is 0 Å². The molecule has 0 saturated carbocycles. The minimum Gasteiger partial charge on any atom is -0.457 e. The van der Waals surface area contributed by atoms with Gasteiger partial charge in [-0.2, -0.15) is 0 Å². The Morgan fingerprint density at radius 3 is 2.38 bits per heavy atom. The Kier molecular flexibility index (Phi) is 3.61. The van der Waals surface area contributed by atoms with Crippen molar-refractivity contribution in [3.63, 3.8) is 0 Å². The highest BCUT2D eigenvalue weighted by Gasteiger charge is 2.12. The first-order chi connectivity index (χ1) is 7.66. The van der Waals surface area contributed by atoms with E-state index in [0.717, 1.165) is 10.0 Å². The van der Waals surface area contributed by atoms with Crippen LogP contribution in [-0.4, -0.2) is 5.78 Å². The van der Waals surface area contributed by atoms with Crippen LogP contribution in [0.15, 0.2) is 50.2 Å². The van der Waals surface area contributed by atoms with E-state index >= 15 is 0 Å². The highest BCUT2D eigenvalue weighted by molar-refractivity contribution is 9.10. The number of carbonyl (C=O) groups is 1. The number of Topliss-reactive ketones (excluding diaryl/α,β-unsaturated/α-hetero) is 1. The summed E-state index contributed by atoms with van der Waals surface area (Å²) < 4.78 is 6.53. The minimum atomic E-state index is 0.0444. The van der Waals surface area contributed by atoms with Crippen molar-refractivity contribution < 1.29 is 9.21 Å². The van der Waals surface area contributed by atoms with Crippen molar-refractivity contribution in [3.8, 4) is 0 Å². The average molecular weight is 344 g/mol. The summed E-state index contributed by atoms with van der Waals surface area (Å²) in [6, 6.07) is 9.37. The molecule has 0 unspecified atom stereocenters. The summed E-state index contributed by atoms with van der Waals surface area (Å²) in [5.74, 6) is 0.0444. The van der Waals surface area contributed by atoms with Crippen LogP contribution >= 0.6 is 31.9 Å². The second-order valence-corrected chi connectivity index (χ2v) is 4.97. The monoisotopic (exact) mass is 342 g/mol. The lowest BCUT2D eigenvalue weighted by Crippen LogP contribution is -2.02. The molecule has 1 aromatic heterocycles. The zero-order valence-corrected chi connectivity index (χ0v) is 11.4. The van der Waals surface area contributed by atoms with Gasteiger partial charge in [-0.3, -0.25) is 4.79 Å². The molecule has 16 heavy (non-hydrogen) atoms. The van der Waals surface area contributed by atoms with Gasteiger partial charge in [-0.15, -0.1) is 0 Å². The maximum absolute atomic E-state index is 11.9. The van der Waals surface area contributed by atoms with E-state index in [0.29, 0.717) is 16.7 Å². The second kappa shape index (κ2) is 4.97. The molecule has 0 amide bonds. The van der Waals surface area contributed by atoms with Crippen molar-refractivity contribution in [2.45, 2.75) is 6.42 Å². The molecule has 0 aliphatic heterocycles. The molecule has 0 saturated heterocycles. The van der Waals surface area contributed by atoms with Gasteiger partial charge in [-0.25, -0.2) is 0 Å². The van der Waals surface area contributed by atoms with Gasteiger partial charge in [0.2, 0.25) is 0 Å². The standard InChI is InChI=1S/C12H8Br2O2/c13-9-3-1-8(2-4-9)7-11(15)10-5-6-16-12(10)14/h1-6H,7H2. The molecule has 2 aromatic rings. The Morgan fingerprint density at radius 1 is 1.12 bits per heavy atom. The van der Waals surface area contributed by atoms with Gasteiger partial charge < -0.3 is 4.42 Å². The molecule has 2 rings (SSSR count). The molecule has 0 spiro atoms. The number of hydrogen-bond donors (Lipinski definition) is 0. The zero-order valence-electron chi connectivity index (χ0n) is 8.24. The van der Waals surface area contributed by atoms with Gasteiger partial charge in [0.1, 0.15) is 0 Å². The van der Waals surface area contributed by atoms with E-state index in [-0.39, 0.29) is 5.78 Å². The van der Waals surface area contributed by atoms with Crippen molar-refractivity contribution in [1.29, 1.82) is 0 Å². The first-order valence-corrected chi connectivity index (χ1v) is 6.26. The van der Waals surface area contributed by atoms with Crippen molar-refractivity contribution >= 4 is 37.6 Å². The van der Waals surface area contributed by atoms with Gasteiger partial charge in [-0.1, -0.05) is 28.1 Å². The van der Waals surface area contributed by atoms with Crippen LogP contribution in [0.5, 0.6) is 0 Å². The molecule has 0 aliphatic rings. The lowest BCUT2D eigenvalue weighted by molar-refractivity contribution is 0.0991. The van der Waals surface area contributed by atoms with Crippen LogP contribution in [-0.2, 0) is 6.42 Å². The summed E-state index contributed by atoms with van der Waals surface area (Å²) >= 11 is 6.55. The van der Waals surface area contributed by atoms with E-state index in [1.165, 1.54) is 6.26 Å². The van der Waals surface area contributed by atoms with Crippen LogP contribution in [0.1, 0.15) is 15.9 Å². The molecular formula is C12H8Br2O2. The highest BCUT2D eigenvalue weighted by atomic mass is 79.9. The molecule has 0 N–H and O–H groups in total. The lowest BCUT2D eigenvalue weighted by atomic mass is 10.1. The molecule has 0 atom stereocenters. The van der Waals surface area contributed by atoms with Crippen molar-refractivity contribution in [2.75, 3.05) is 0 Å². The highest BCUT2D eigenvalue weighted by Crippen LogP contribution is 2.20. The number of rotatable bonds is 3. The number of benzene rings is 1. The first kappa shape index (κ1) is 11.6. The number of hydrogen-bond acceptors (Lipinski definition) is 2. The van der Waals surface area contributed by atoms with E-state index < -0.39 is 0 Å². The lowest BCUT2D eigenvalue weighted by Gasteiger charge is -2.00. The van der Waals surface area contributed by atoms with Crippen LogP contribution in [0.25, 0.3) is 0 Å². The summed E-state index contributed by atoms with van der Waals surface area (Å²) in [5.41, 5.74) is 1.57. The van der Waals surface area contributed by atoms with Crippen LogP contribution in [0.2, 0.25) is 0 Å². The number of furan rings is 1. The van der Waals surface area contributed by atoms with E-state index in [4.69, 9.17) is 4.42 Å². The van der Waals surface area contributed by atoms with Gasteiger partial charge in [-0.05, 0) is 39.7 Å². The quantitative estimate of drug-likeness (QED) is 0.780. The van der Waals surface area contributed by atoms with Crippen LogP contribution in [0.3, 0.4) is 0 Å². The molecule has 0 aliphatic carbocycles. The maximum Gasteiger partial charge on any atom is 0.179 e. The van der Waals surface area contributed by atoms with Gasteiger partial charge >= 0.3 is 0 Å². The topological polar surface area (TPSA) is 30.2 Å². The fourth-order valence-electron chi connectivity index (χ4n) is 1.38. The van der Waals surface area contributed by atoms with E-state index in [2.05, 4.69) is 31.9 Å². The third kappa shape index (κ3) is 2.62. The second-order valence-electron chi connectivity index (χ2n) is 3.33. The van der Waals surface area contributed by atoms with Gasteiger partial charge in [0.15, 0.2) is 10.5 Å². The van der Waals surface area contributed by atoms with Crippen LogP contribution < -0.4 is 0 Å². The summed E-state index contributed by atoms with van der Waals surface area (Å²) in [5, 5.41) is 0. The molecule has 0 fully saturated rings. The minimum absolute atomic E-state index is 0.0444. The fourth-order valence-corrected chi connectivity index (χ4v) is 2.10. The molecule has 2 nitrogen and oxygen atoms in total. The Morgan fingerprint density at radius 2 is 1.81 bits per heavy atom. The molecular weight excluding hydrogens is 336 g/mol. The molecule has 0 radical (unpaired) electrons. The van der Waals surface area contributed by atoms with Crippen LogP contribution in [0, 0.1) is 0 Å². The largest absolute Gasteiger partial charge is 0.457 e. The molecule has 1 aromatic carbocycles. The number of halogens is 2. The number of ketones is 1. The predicted molar refractivity (Wildman–Crippen MR) is 68.6 cm³/mol. The van der Waals surface area contributed by atoms with Crippen molar-refractivity contribution in [2.24, 2.45) is 0 Å². The SMILES string of the molecule is O=C(Cc1ccc(Br)cc1)c1ccoc1Br. The Labute approximate surface area is 110 Å². The molecule has 82 valence electrons. The van der Waals surface area contributed by atoms with Gasteiger partial charge in [0, 0.05) is 10.9 Å². The Bertz CT molecular complexity index is 500. The third-order valence-corrected chi connectivity index (χ3v) is 3.34. The normalized spacial score (nSPS) is 10.4. The smallest absolute Gasteiger partial charge is 0.179 e. The molecule has 1 heterocycles. The van der Waals surface area contributed by atoms with Crippen LogP contribution in [0.4, 0.5) is 0 Å². The van der Waals surface area contributed by atoms with E-state index in [1.54, 1.807) is 6.07 Å². The molecule has 4 heteroatoms. The predicted octanol–water partition coefficient (Wildman–Crippen LogP) is 4.23. The van der Waals surface area contributed by atoms with E-state index in [9.17, 15) is 4.79 Å². The van der Waals surface area contributed by atoms with Crippen molar-refractivity contribution in [3.05, 3.63) is 56.9 Å². The Balaban J connectivity index is 2.14. The third-order valence-electron chi connectivity index (χ3n) is 2.20. The summed E-state index contributed by atoms with van der Waals surface area (Å²) in [4.78, 5) is 11.9. The van der Waals surface area contributed by atoms with Gasteiger partial charge in [0.05, 0.1) is 11.8 Å². The number of carbonyl (C=O) groups excluding carboxylic acids is 1. The summed E-state index contributed by atoms with van der Waals surface area (Å²) in [6.45, 7) is 0. The summed E-state index contributed by atoms with van der Waals surface area (Å²) in [6.07, 6.45) is 1.88. The van der Waals surface area contributed by atoms with E-state index in [1.807, 2.05) is 24.3 Å². The summed E-state index contributed by atoms with van der Waals surface area (Å²) in [7, 11) is 0. The molecule has 0 bridgehead atoms. The van der Waals surface area contributed by atoms with Gasteiger partial charge in [0.25, 0.3) is 0 Å². The fraction of sp³-hybridized carbons (Fsp3) is 0.0833. The average Bonchev–Trinajstić information content (AvgIpc) is 2.68. The zero-order chi connectivity index (χ0) is 11.5. The Hall–Kier alpha value is -0.870. The first-order valence-electron chi connectivity index (χ1n) is 4.67. The maximum atomic E-state index is 11.9.